The lowest BCUT2D eigenvalue weighted by Crippen LogP contribution is -2.37. The second-order valence-electron chi connectivity index (χ2n) is 5.53. The number of aromatic nitrogens is 4. The third-order valence-corrected chi connectivity index (χ3v) is 4.64. The topological polar surface area (TPSA) is 192 Å². The Morgan fingerprint density at radius 1 is 1.38 bits per heavy atom. The molecule has 2 aromatic rings. The number of ether oxygens (including phenoxy) is 1. The first kappa shape index (κ1) is 18.4. The van der Waals surface area contributed by atoms with Crippen molar-refractivity contribution in [1.29, 1.82) is 0 Å². The molecule has 13 nitrogen and oxygen atoms in total. The molecule has 26 heavy (non-hydrogen) atoms. The number of aliphatic hydroxyl groups excluding tert-OH is 2. The molecule has 3 rings (SSSR count). The summed E-state index contributed by atoms with van der Waals surface area (Å²) >= 11 is 0. The average molecular weight is 388 g/mol. The van der Waals surface area contributed by atoms with Gasteiger partial charge in [-0.1, -0.05) is 0 Å². The molecule has 4 atom stereocenters. The highest BCUT2D eigenvalue weighted by molar-refractivity contribution is 7.85. The van der Waals surface area contributed by atoms with Gasteiger partial charge in [-0.2, -0.15) is 8.42 Å². The van der Waals surface area contributed by atoms with E-state index in [2.05, 4.69) is 19.1 Å². The molecule has 142 valence electrons. The van der Waals surface area contributed by atoms with Crippen LogP contribution in [0.1, 0.15) is 13.2 Å². The first-order chi connectivity index (χ1) is 12.2. The molecule has 0 bridgehead atoms. The molecular weight excluding hydrogens is 372 g/mol. The van der Waals surface area contributed by atoms with Crippen molar-refractivity contribution in [2.24, 2.45) is 0 Å². The number of hydrogen-bond acceptors (Lipinski definition) is 11. The highest BCUT2D eigenvalue weighted by Crippen LogP contribution is 2.32. The number of nitrogens with zero attached hydrogens (tertiary/aromatic N) is 4. The summed E-state index contributed by atoms with van der Waals surface area (Å²) in [5, 5.41) is 20.3. The van der Waals surface area contributed by atoms with Crippen LogP contribution in [0, 0.1) is 0 Å². The molecule has 1 aliphatic rings. The van der Waals surface area contributed by atoms with Crippen molar-refractivity contribution in [2.75, 3.05) is 12.3 Å². The molecule has 0 aromatic carbocycles. The number of nitrogen functional groups attached to an aromatic ring is 1. The van der Waals surface area contributed by atoms with Crippen LogP contribution in [0.3, 0.4) is 0 Å². The van der Waals surface area contributed by atoms with Gasteiger partial charge in [-0.3, -0.25) is 13.5 Å². The van der Waals surface area contributed by atoms with E-state index in [1.54, 1.807) is 4.72 Å². The molecule has 1 aliphatic heterocycles. The Kier molecular flexibility index (Phi) is 4.76. The van der Waals surface area contributed by atoms with Crippen LogP contribution in [0.5, 0.6) is 0 Å². The minimum absolute atomic E-state index is 0.128. The molecule has 0 aliphatic carbocycles. The summed E-state index contributed by atoms with van der Waals surface area (Å²) in [4.78, 5) is 22.6. The van der Waals surface area contributed by atoms with E-state index < -0.39 is 47.4 Å². The second kappa shape index (κ2) is 6.73. The van der Waals surface area contributed by atoms with E-state index in [9.17, 15) is 23.4 Å². The number of fused-ring (bicyclic) bond motifs is 1. The van der Waals surface area contributed by atoms with Crippen molar-refractivity contribution < 1.29 is 32.3 Å². The maximum atomic E-state index is 11.5. The molecule has 1 amide bonds. The van der Waals surface area contributed by atoms with E-state index in [-0.39, 0.29) is 17.0 Å². The van der Waals surface area contributed by atoms with Gasteiger partial charge in [0.05, 0.1) is 12.9 Å². The Balaban J connectivity index is 1.77. The van der Waals surface area contributed by atoms with E-state index in [1.165, 1.54) is 17.2 Å². The lowest BCUT2D eigenvalue weighted by Gasteiger charge is -2.16. The zero-order chi connectivity index (χ0) is 19.1. The van der Waals surface area contributed by atoms with Crippen LogP contribution in [-0.2, 0) is 24.0 Å². The number of nitrogens with one attached hydrogen (secondary N) is 1. The van der Waals surface area contributed by atoms with Gasteiger partial charge in [0.1, 0.15) is 30.2 Å². The quantitative estimate of drug-likeness (QED) is 0.420. The lowest BCUT2D eigenvalue weighted by molar-refractivity contribution is -0.117. The lowest BCUT2D eigenvalue weighted by atomic mass is 10.1. The van der Waals surface area contributed by atoms with Crippen LogP contribution in [0.2, 0.25) is 0 Å². The fourth-order valence-electron chi connectivity index (χ4n) is 2.52. The summed E-state index contributed by atoms with van der Waals surface area (Å²) in [5.41, 5.74) is 6.24. The number of rotatable bonds is 5. The largest absolute Gasteiger partial charge is 0.387 e. The summed E-state index contributed by atoms with van der Waals surface area (Å²) in [6.45, 7) is 0.375. The monoisotopic (exact) mass is 388 g/mol. The fourth-order valence-corrected chi connectivity index (χ4v) is 3.24. The van der Waals surface area contributed by atoms with E-state index in [0.29, 0.717) is 0 Å². The Hall–Kier alpha value is -2.39. The van der Waals surface area contributed by atoms with Crippen molar-refractivity contribution >= 4 is 33.2 Å². The summed E-state index contributed by atoms with van der Waals surface area (Å²) in [7, 11) is -4.35. The van der Waals surface area contributed by atoms with E-state index in [1.807, 2.05) is 0 Å². The number of imidazole rings is 1. The van der Waals surface area contributed by atoms with Crippen LogP contribution in [0.4, 0.5) is 5.82 Å². The van der Waals surface area contributed by atoms with Crippen molar-refractivity contribution in [1.82, 2.24) is 24.2 Å². The first-order valence-corrected chi connectivity index (χ1v) is 8.73. The van der Waals surface area contributed by atoms with Gasteiger partial charge >= 0.3 is 10.3 Å². The van der Waals surface area contributed by atoms with Crippen LogP contribution < -0.4 is 10.5 Å². The molecular formula is C12H16N6O7S. The fraction of sp³-hybridized carbons (Fsp3) is 0.500. The smallest absolute Gasteiger partial charge is 0.362 e. The molecule has 1 saturated heterocycles. The Bertz CT molecular complexity index is 931. The van der Waals surface area contributed by atoms with E-state index in [0.717, 1.165) is 6.92 Å². The van der Waals surface area contributed by atoms with Gasteiger partial charge in [0.2, 0.25) is 5.91 Å². The molecule has 3 heterocycles. The number of carbonyl (C=O) groups is 1. The summed E-state index contributed by atoms with van der Waals surface area (Å²) in [5.74, 6) is -0.707. The summed E-state index contributed by atoms with van der Waals surface area (Å²) < 4.78 is 36.0. The van der Waals surface area contributed by atoms with Crippen molar-refractivity contribution in [3.8, 4) is 0 Å². The average Bonchev–Trinajstić information content (AvgIpc) is 3.08. The van der Waals surface area contributed by atoms with Crippen molar-refractivity contribution in [2.45, 2.75) is 31.5 Å². The Labute approximate surface area is 147 Å². The van der Waals surface area contributed by atoms with Crippen LogP contribution in [-0.4, -0.2) is 69.0 Å². The number of nitrogens with two attached hydrogens (primary N) is 1. The molecule has 14 heteroatoms. The number of anilines is 1. The molecule has 0 radical (unpaired) electrons. The molecule has 5 N–H and O–H groups in total. The molecule has 0 saturated carbocycles. The van der Waals surface area contributed by atoms with Crippen molar-refractivity contribution in [3.05, 3.63) is 12.7 Å². The molecule has 2 aromatic heterocycles. The van der Waals surface area contributed by atoms with Gasteiger partial charge in [0, 0.05) is 6.92 Å². The van der Waals surface area contributed by atoms with Gasteiger partial charge < -0.3 is 20.7 Å². The normalized spacial score (nSPS) is 26.3. The van der Waals surface area contributed by atoms with Gasteiger partial charge in [0.15, 0.2) is 17.7 Å². The third kappa shape index (κ3) is 3.45. The zero-order valence-corrected chi connectivity index (χ0v) is 14.2. The third-order valence-electron chi connectivity index (χ3n) is 3.65. The maximum Gasteiger partial charge on any atom is 0.362 e. The first-order valence-electron chi connectivity index (χ1n) is 7.32. The van der Waals surface area contributed by atoms with Crippen LogP contribution >= 0.6 is 0 Å². The van der Waals surface area contributed by atoms with Crippen LogP contribution in [0.25, 0.3) is 11.2 Å². The minimum Gasteiger partial charge on any atom is -0.387 e. The van der Waals surface area contributed by atoms with Gasteiger partial charge in [-0.15, -0.1) is 0 Å². The number of amides is 1. The number of aliphatic hydroxyl groups is 2. The number of carbonyl (C=O) groups excluding carboxylic acids is 1. The van der Waals surface area contributed by atoms with E-state index in [4.69, 9.17) is 10.5 Å². The van der Waals surface area contributed by atoms with Crippen molar-refractivity contribution in [3.63, 3.8) is 0 Å². The SMILES string of the molecule is CC(=O)NS(=O)(=O)OC[C@H]1O[C@@H](n2cnc3c(N)ncnc32)[C@H](O)[C@@H]1O. The molecule has 0 unspecified atom stereocenters. The predicted octanol–water partition coefficient (Wildman–Crippen LogP) is -2.57. The molecule has 0 spiro atoms. The second-order valence-corrected chi connectivity index (χ2v) is 6.87. The Morgan fingerprint density at radius 3 is 2.81 bits per heavy atom. The predicted molar refractivity (Wildman–Crippen MR) is 84.3 cm³/mol. The standard InChI is InChI=1S/C12H16N6O7S/c1-5(19)17-26(22,23)24-2-6-8(20)9(21)12(25-6)18-4-16-7-10(13)14-3-15-11(7)18/h3-4,6,8-9,12,20-21H,2H2,1H3,(H,17,19)(H2,13,14,15)/t6-,8-,9-,12-/m1/s1. The zero-order valence-electron chi connectivity index (χ0n) is 13.4. The highest BCUT2D eigenvalue weighted by atomic mass is 32.2. The van der Waals surface area contributed by atoms with Gasteiger partial charge in [-0.25, -0.2) is 19.7 Å². The molecule has 1 fully saturated rings. The summed E-state index contributed by atoms with van der Waals surface area (Å²) in [6.07, 6.45) is -2.66. The van der Waals surface area contributed by atoms with E-state index >= 15 is 0 Å². The highest BCUT2D eigenvalue weighted by Gasteiger charge is 2.45. The number of hydrogen-bond donors (Lipinski definition) is 4. The summed E-state index contributed by atoms with van der Waals surface area (Å²) in [6, 6.07) is 0. The van der Waals surface area contributed by atoms with Gasteiger partial charge in [-0.05, 0) is 0 Å². The van der Waals surface area contributed by atoms with Gasteiger partial charge in [0.25, 0.3) is 0 Å². The maximum absolute atomic E-state index is 11.5. The van der Waals surface area contributed by atoms with Crippen LogP contribution in [0.15, 0.2) is 12.7 Å². The Morgan fingerprint density at radius 2 is 2.12 bits per heavy atom. The minimum atomic E-state index is -4.35.